The molecule has 1 amide bonds. The second kappa shape index (κ2) is 5.41. The van der Waals surface area contributed by atoms with Gasteiger partial charge in [-0.15, -0.1) is 0 Å². The molecule has 3 nitrogen and oxygen atoms in total. The number of pyridine rings is 1. The van der Waals surface area contributed by atoms with Crippen LogP contribution in [0.4, 0.5) is 10.1 Å². The Bertz CT molecular complexity index is 655. The molecule has 2 aromatic rings. The maximum Gasteiger partial charge on any atom is 0.258 e. The van der Waals surface area contributed by atoms with Crippen molar-refractivity contribution in [3.8, 4) is 0 Å². The minimum Gasteiger partial charge on any atom is -0.322 e. The topological polar surface area (TPSA) is 42.0 Å². The van der Waals surface area contributed by atoms with Gasteiger partial charge in [-0.2, -0.15) is 0 Å². The number of hydrogen-bond donors (Lipinski definition) is 1. The van der Waals surface area contributed by atoms with Gasteiger partial charge in [0.05, 0.1) is 11.8 Å². The lowest BCUT2D eigenvalue weighted by Gasteiger charge is -2.19. The van der Waals surface area contributed by atoms with Crippen molar-refractivity contribution in [1.29, 1.82) is 0 Å². The van der Waals surface area contributed by atoms with Crippen molar-refractivity contribution in [2.24, 2.45) is 0 Å². The number of carbonyl (C=O) groups is 1. The van der Waals surface area contributed by atoms with Crippen LogP contribution >= 0.6 is 0 Å². The largest absolute Gasteiger partial charge is 0.322 e. The molecule has 0 fully saturated rings. The lowest BCUT2D eigenvalue weighted by atomic mass is 9.90. The third-order valence-corrected chi connectivity index (χ3v) is 3.66. The normalized spacial score (nSPS) is 13.7. The Morgan fingerprint density at radius 1 is 1.20 bits per heavy atom. The molecule has 1 heterocycles. The van der Waals surface area contributed by atoms with Crippen molar-refractivity contribution in [2.75, 3.05) is 5.32 Å². The van der Waals surface area contributed by atoms with Crippen molar-refractivity contribution in [1.82, 2.24) is 4.98 Å². The summed E-state index contributed by atoms with van der Waals surface area (Å²) >= 11 is 0. The number of anilines is 1. The van der Waals surface area contributed by atoms with E-state index in [1.807, 2.05) is 12.1 Å². The van der Waals surface area contributed by atoms with Gasteiger partial charge in [-0.05, 0) is 48.9 Å². The van der Waals surface area contributed by atoms with Crippen LogP contribution in [0.5, 0.6) is 0 Å². The number of aryl methyl sites for hydroxylation is 1. The van der Waals surface area contributed by atoms with Gasteiger partial charge >= 0.3 is 0 Å². The molecule has 1 aromatic heterocycles. The molecule has 20 heavy (non-hydrogen) atoms. The van der Waals surface area contributed by atoms with Crippen LogP contribution in [0.3, 0.4) is 0 Å². The number of carbonyl (C=O) groups excluding carboxylic acids is 1. The van der Waals surface area contributed by atoms with Crippen LogP contribution < -0.4 is 5.32 Å². The van der Waals surface area contributed by atoms with Gasteiger partial charge in [-0.25, -0.2) is 4.39 Å². The SMILES string of the molecule is O=C(Nc1cccc2c1CCCC2)c1ccncc1F. The molecule has 1 N–H and O–H groups in total. The van der Waals surface area contributed by atoms with Crippen molar-refractivity contribution in [2.45, 2.75) is 25.7 Å². The number of halogens is 1. The molecule has 1 aliphatic rings. The maximum atomic E-state index is 13.6. The van der Waals surface area contributed by atoms with E-state index in [0.29, 0.717) is 0 Å². The standard InChI is InChI=1S/C16H15FN2O/c17-14-10-18-9-8-13(14)16(20)19-15-7-3-5-11-4-1-2-6-12(11)15/h3,5,7-10H,1-2,4,6H2,(H,19,20). The van der Waals surface area contributed by atoms with E-state index >= 15 is 0 Å². The van der Waals surface area contributed by atoms with E-state index in [9.17, 15) is 9.18 Å². The summed E-state index contributed by atoms with van der Waals surface area (Å²) in [5.41, 5.74) is 3.28. The Morgan fingerprint density at radius 2 is 2.05 bits per heavy atom. The van der Waals surface area contributed by atoms with Crippen molar-refractivity contribution < 1.29 is 9.18 Å². The minimum atomic E-state index is -0.602. The molecule has 102 valence electrons. The number of amides is 1. The highest BCUT2D eigenvalue weighted by Crippen LogP contribution is 2.28. The van der Waals surface area contributed by atoms with Gasteiger partial charge in [0, 0.05) is 11.9 Å². The average molecular weight is 270 g/mol. The van der Waals surface area contributed by atoms with Crippen LogP contribution in [-0.4, -0.2) is 10.9 Å². The lowest BCUT2D eigenvalue weighted by Crippen LogP contribution is -2.16. The smallest absolute Gasteiger partial charge is 0.258 e. The third-order valence-electron chi connectivity index (χ3n) is 3.66. The van der Waals surface area contributed by atoms with Crippen LogP contribution in [-0.2, 0) is 12.8 Å². The fourth-order valence-corrected chi connectivity index (χ4v) is 2.65. The van der Waals surface area contributed by atoms with Crippen LogP contribution in [0.15, 0.2) is 36.7 Å². The van der Waals surface area contributed by atoms with Gasteiger partial charge in [0.15, 0.2) is 5.82 Å². The summed E-state index contributed by atoms with van der Waals surface area (Å²) in [7, 11) is 0. The van der Waals surface area contributed by atoms with Crippen LogP contribution in [0.1, 0.15) is 34.3 Å². The molecular weight excluding hydrogens is 255 g/mol. The van der Waals surface area contributed by atoms with Gasteiger partial charge in [-0.1, -0.05) is 12.1 Å². The van der Waals surface area contributed by atoms with Gasteiger partial charge < -0.3 is 5.32 Å². The highest BCUT2D eigenvalue weighted by molar-refractivity contribution is 6.04. The average Bonchev–Trinajstić information content (AvgIpc) is 2.48. The van der Waals surface area contributed by atoms with E-state index in [-0.39, 0.29) is 5.56 Å². The summed E-state index contributed by atoms with van der Waals surface area (Å²) < 4.78 is 13.6. The van der Waals surface area contributed by atoms with E-state index < -0.39 is 11.7 Å². The minimum absolute atomic E-state index is 0.0217. The fourth-order valence-electron chi connectivity index (χ4n) is 2.65. The number of fused-ring (bicyclic) bond motifs is 1. The summed E-state index contributed by atoms with van der Waals surface area (Å²) in [6, 6.07) is 7.29. The van der Waals surface area contributed by atoms with Crippen molar-refractivity contribution >= 4 is 11.6 Å². The predicted octanol–water partition coefficient (Wildman–Crippen LogP) is 3.35. The summed E-state index contributed by atoms with van der Waals surface area (Å²) in [5, 5.41) is 2.82. The number of hydrogen-bond acceptors (Lipinski definition) is 2. The van der Waals surface area contributed by atoms with E-state index in [1.165, 1.54) is 29.8 Å². The molecule has 0 aliphatic heterocycles. The molecule has 0 saturated heterocycles. The Hall–Kier alpha value is -2.23. The molecule has 0 spiro atoms. The fraction of sp³-hybridized carbons (Fsp3) is 0.250. The van der Waals surface area contributed by atoms with Gasteiger partial charge in [0.25, 0.3) is 5.91 Å². The summed E-state index contributed by atoms with van der Waals surface area (Å²) in [6.45, 7) is 0. The Morgan fingerprint density at radius 3 is 2.90 bits per heavy atom. The zero-order valence-electron chi connectivity index (χ0n) is 11.0. The van der Waals surface area contributed by atoms with Gasteiger partial charge in [0.1, 0.15) is 0 Å². The molecular formula is C16H15FN2O. The second-order valence-electron chi connectivity index (χ2n) is 4.96. The first kappa shape index (κ1) is 12.8. The molecule has 0 radical (unpaired) electrons. The molecule has 0 bridgehead atoms. The zero-order chi connectivity index (χ0) is 13.9. The Labute approximate surface area is 116 Å². The number of rotatable bonds is 2. The first-order chi connectivity index (χ1) is 9.75. The first-order valence-electron chi connectivity index (χ1n) is 6.77. The molecule has 3 rings (SSSR count). The molecule has 1 aromatic carbocycles. The van der Waals surface area contributed by atoms with Crippen LogP contribution in [0, 0.1) is 5.82 Å². The highest BCUT2D eigenvalue weighted by Gasteiger charge is 2.16. The summed E-state index contributed by atoms with van der Waals surface area (Å²) in [4.78, 5) is 15.8. The molecule has 0 saturated carbocycles. The quantitative estimate of drug-likeness (QED) is 0.909. The Kier molecular flexibility index (Phi) is 3.46. The Balaban J connectivity index is 1.89. The highest BCUT2D eigenvalue weighted by atomic mass is 19.1. The van der Waals surface area contributed by atoms with Gasteiger partial charge in [-0.3, -0.25) is 9.78 Å². The van der Waals surface area contributed by atoms with E-state index in [1.54, 1.807) is 0 Å². The summed E-state index contributed by atoms with van der Waals surface area (Å²) in [6.07, 6.45) is 6.79. The third kappa shape index (κ3) is 2.41. The number of aromatic nitrogens is 1. The first-order valence-corrected chi connectivity index (χ1v) is 6.77. The van der Waals surface area contributed by atoms with E-state index in [2.05, 4.69) is 16.4 Å². The van der Waals surface area contributed by atoms with Crippen molar-refractivity contribution in [3.63, 3.8) is 0 Å². The predicted molar refractivity (Wildman–Crippen MR) is 75.2 cm³/mol. The van der Waals surface area contributed by atoms with E-state index in [4.69, 9.17) is 0 Å². The number of nitrogens with zero attached hydrogens (tertiary/aromatic N) is 1. The van der Waals surface area contributed by atoms with E-state index in [0.717, 1.165) is 31.1 Å². The van der Waals surface area contributed by atoms with Gasteiger partial charge in [0.2, 0.25) is 0 Å². The monoisotopic (exact) mass is 270 g/mol. The maximum absolute atomic E-state index is 13.6. The van der Waals surface area contributed by atoms with Crippen LogP contribution in [0.2, 0.25) is 0 Å². The number of benzene rings is 1. The zero-order valence-corrected chi connectivity index (χ0v) is 11.0. The molecule has 4 heteroatoms. The molecule has 0 atom stereocenters. The van der Waals surface area contributed by atoms with Crippen LogP contribution in [0.25, 0.3) is 0 Å². The number of nitrogens with one attached hydrogen (secondary N) is 1. The molecule has 0 unspecified atom stereocenters. The van der Waals surface area contributed by atoms with Crippen molar-refractivity contribution in [3.05, 3.63) is 59.2 Å². The lowest BCUT2D eigenvalue weighted by molar-refractivity contribution is 0.102. The molecule has 1 aliphatic carbocycles. The summed E-state index contributed by atoms with van der Waals surface area (Å²) in [5.74, 6) is -1.03. The second-order valence-corrected chi connectivity index (χ2v) is 4.96.